The minimum Gasteiger partial charge on any atom is -0.369 e. The molecule has 1 heterocycles. The third-order valence-corrected chi connectivity index (χ3v) is 5.57. The summed E-state index contributed by atoms with van der Waals surface area (Å²) in [5.74, 6) is 0.856. The lowest BCUT2D eigenvalue weighted by Gasteiger charge is -2.33. The molecular formula is C14H20N2O3S2. The number of Topliss-reactive ketones (excluding diaryl/α,β-unsaturated/α-hetero) is 1. The molecule has 0 aliphatic carbocycles. The third kappa shape index (κ3) is 3.78. The number of primary sulfonamides is 1. The molecule has 2 N–H and O–H groups in total. The van der Waals surface area contributed by atoms with E-state index >= 15 is 0 Å². The van der Waals surface area contributed by atoms with Crippen LogP contribution < -0.4 is 10.0 Å². The van der Waals surface area contributed by atoms with E-state index in [0.717, 1.165) is 18.8 Å². The molecule has 21 heavy (non-hydrogen) atoms. The number of nitrogens with zero attached hydrogens (tertiary/aromatic N) is 1. The van der Waals surface area contributed by atoms with E-state index in [1.807, 2.05) is 16.7 Å². The van der Waals surface area contributed by atoms with Crippen LogP contribution in [0.15, 0.2) is 23.1 Å². The minimum absolute atomic E-state index is 0.0425. The van der Waals surface area contributed by atoms with Gasteiger partial charge in [0.05, 0.1) is 5.69 Å². The van der Waals surface area contributed by atoms with Crippen LogP contribution in [0.2, 0.25) is 0 Å². The van der Waals surface area contributed by atoms with E-state index < -0.39 is 10.0 Å². The number of sulfonamides is 1. The molecule has 0 spiro atoms. The van der Waals surface area contributed by atoms with E-state index in [-0.39, 0.29) is 10.7 Å². The van der Waals surface area contributed by atoms with Gasteiger partial charge in [-0.05, 0) is 18.2 Å². The fraction of sp³-hybridized carbons (Fsp3) is 0.500. The molecular weight excluding hydrogens is 308 g/mol. The molecule has 1 saturated heterocycles. The van der Waals surface area contributed by atoms with Gasteiger partial charge in [-0.1, -0.05) is 13.8 Å². The first-order valence-electron chi connectivity index (χ1n) is 6.89. The zero-order valence-corrected chi connectivity index (χ0v) is 13.8. The number of benzene rings is 1. The van der Waals surface area contributed by atoms with Gasteiger partial charge in [0.25, 0.3) is 0 Å². The average Bonchev–Trinajstić information content (AvgIpc) is 2.45. The molecule has 1 fully saturated rings. The molecule has 0 bridgehead atoms. The van der Waals surface area contributed by atoms with Crippen molar-refractivity contribution in [3.05, 3.63) is 23.8 Å². The Morgan fingerprint density at radius 3 is 2.76 bits per heavy atom. The summed E-state index contributed by atoms with van der Waals surface area (Å²) in [5, 5.41) is 5.77. The summed E-state index contributed by atoms with van der Waals surface area (Å²) in [5.41, 5.74) is 0.988. The Kier molecular flexibility index (Phi) is 4.95. The fourth-order valence-corrected chi connectivity index (χ4v) is 4.21. The molecule has 0 aromatic heterocycles. The number of nitrogens with two attached hydrogens (primary N) is 1. The van der Waals surface area contributed by atoms with Crippen LogP contribution in [-0.2, 0) is 10.0 Å². The largest absolute Gasteiger partial charge is 0.369 e. The lowest BCUT2D eigenvalue weighted by atomic mass is 10.1. The first-order valence-corrected chi connectivity index (χ1v) is 9.49. The van der Waals surface area contributed by atoms with Crippen molar-refractivity contribution in [2.75, 3.05) is 23.7 Å². The molecule has 1 aromatic rings. The number of ketones is 1. The number of hydrogen-bond donors (Lipinski definition) is 1. The van der Waals surface area contributed by atoms with Crippen molar-refractivity contribution in [2.45, 2.75) is 30.4 Å². The van der Waals surface area contributed by atoms with Gasteiger partial charge in [-0.2, -0.15) is 11.8 Å². The first kappa shape index (κ1) is 16.3. The maximum absolute atomic E-state index is 11.9. The molecule has 0 unspecified atom stereocenters. The monoisotopic (exact) mass is 328 g/mol. The number of carbonyl (C=O) groups excluding carboxylic acids is 1. The lowest BCUT2D eigenvalue weighted by Crippen LogP contribution is -2.37. The second kappa shape index (κ2) is 6.37. The summed E-state index contributed by atoms with van der Waals surface area (Å²) in [4.78, 5) is 13.9. The van der Waals surface area contributed by atoms with Crippen LogP contribution in [0, 0.1) is 0 Å². The normalized spacial score (nSPS) is 19.6. The number of anilines is 1. The highest BCUT2D eigenvalue weighted by atomic mass is 32.2. The minimum atomic E-state index is -3.87. The van der Waals surface area contributed by atoms with E-state index in [1.165, 1.54) is 6.07 Å². The molecule has 1 aliphatic heterocycles. The predicted octanol–water partition coefficient (Wildman–Crippen LogP) is 1.87. The van der Waals surface area contributed by atoms with Crippen molar-refractivity contribution in [3.63, 3.8) is 0 Å². The van der Waals surface area contributed by atoms with Crippen LogP contribution in [0.25, 0.3) is 0 Å². The van der Waals surface area contributed by atoms with Gasteiger partial charge in [-0.3, -0.25) is 4.79 Å². The second-order valence-electron chi connectivity index (χ2n) is 5.13. The van der Waals surface area contributed by atoms with Crippen molar-refractivity contribution in [3.8, 4) is 0 Å². The quantitative estimate of drug-likeness (QED) is 0.854. The maximum Gasteiger partial charge on any atom is 0.240 e. The third-order valence-electron chi connectivity index (χ3n) is 3.49. The summed E-state index contributed by atoms with van der Waals surface area (Å²) in [6, 6.07) is 4.79. The van der Waals surface area contributed by atoms with E-state index in [4.69, 9.17) is 5.14 Å². The van der Waals surface area contributed by atoms with Crippen LogP contribution in [0.3, 0.4) is 0 Å². The van der Waals surface area contributed by atoms with Gasteiger partial charge in [0.1, 0.15) is 4.90 Å². The Morgan fingerprint density at radius 1 is 1.48 bits per heavy atom. The van der Waals surface area contributed by atoms with Crippen molar-refractivity contribution < 1.29 is 13.2 Å². The molecule has 1 atom stereocenters. The Morgan fingerprint density at radius 2 is 2.19 bits per heavy atom. The number of thioether (sulfide) groups is 1. The highest BCUT2D eigenvalue weighted by molar-refractivity contribution is 8.00. The SMILES string of the molecule is CCC(=O)c1ccc(N2CCS[C@@H](C)C2)c(S(N)(=O)=O)c1. The number of carbonyl (C=O) groups is 1. The van der Waals surface area contributed by atoms with Gasteiger partial charge >= 0.3 is 0 Å². The van der Waals surface area contributed by atoms with Crippen LogP contribution in [0.1, 0.15) is 30.6 Å². The standard InChI is InChI=1S/C14H20N2O3S2/c1-3-13(17)11-4-5-12(14(8-11)21(15,18)19)16-6-7-20-10(2)9-16/h4-5,8,10H,3,6-7,9H2,1-2H3,(H2,15,18,19)/t10-/m0/s1. The van der Waals surface area contributed by atoms with Gasteiger partial charge in [0.2, 0.25) is 10.0 Å². The Hall–Kier alpha value is -1.05. The smallest absolute Gasteiger partial charge is 0.240 e. The van der Waals surface area contributed by atoms with Gasteiger partial charge in [-0.25, -0.2) is 13.6 Å². The molecule has 5 nitrogen and oxygen atoms in total. The first-order chi connectivity index (χ1) is 9.82. The van der Waals surface area contributed by atoms with Crippen LogP contribution in [0.5, 0.6) is 0 Å². The maximum atomic E-state index is 11.9. The highest BCUT2D eigenvalue weighted by Crippen LogP contribution is 2.30. The van der Waals surface area contributed by atoms with Crippen molar-refractivity contribution in [1.29, 1.82) is 0 Å². The summed E-state index contributed by atoms with van der Waals surface area (Å²) in [6.07, 6.45) is 0.334. The summed E-state index contributed by atoms with van der Waals surface area (Å²) < 4.78 is 23.8. The second-order valence-corrected chi connectivity index (χ2v) is 8.21. The topological polar surface area (TPSA) is 80.5 Å². The Labute approximate surface area is 129 Å². The summed E-state index contributed by atoms with van der Waals surface area (Å²) in [6.45, 7) is 5.41. The Bertz CT molecular complexity index is 644. The number of hydrogen-bond acceptors (Lipinski definition) is 5. The molecule has 2 rings (SSSR count). The van der Waals surface area contributed by atoms with Gasteiger partial charge < -0.3 is 4.90 Å². The lowest BCUT2D eigenvalue weighted by molar-refractivity contribution is 0.0988. The van der Waals surface area contributed by atoms with Gasteiger partial charge in [0, 0.05) is 36.1 Å². The van der Waals surface area contributed by atoms with E-state index in [9.17, 15) is 13.2 Å². The summed E-state index contributed by atoms with van der Waals surface area (Å²) >= 11 is 1.87. The van der Waals surface area contributed by atoms with E-state index in [1.54, 1.807) is 19.1 Å². The van der Waals surface area contributed by atoms with Crippen LogP contribution in [0.4, 0.5) is 5.69 Å². The zero-order valence-electron chi connectivity index (χ0n) is 12.2. The average molecular weight is 328 g/mol. The van der Waals surface area contributed by atoms with Crippen molar-refractivity contribution in [2.24, 2.45) is 5.14 Å². The zero-order chi connectivity index (χ0) is 15.6. The Balaban J connectivity index is 2.48. The van der Waals surface area contributed by atoms with E-state index in [0.29, 0.717) is 22.9 Å². The van der Waals surface area contributed by atoms with Crippen molar-refractivity contribution in [1.82, 2.24) is 0 Å². The molecule has 0 saturated carbocycles. The highest BCUT2D eigenvalue weighted by Gasteiger charge is 2.24. The molecule has 0 amide bonds. The van der Waals surface area contributed by atoms with Crippen molar-refractivity contribution >= 4 is 33.3 Å². The van der Waals surface area contributed by atoms with Crippen LogP contribution >= 0.6 is 11.8 Å². The molecule has 116 valence electrons. The van der Waals surface area contributed by atoms with Crippen LogP contribution in [-0.4, -0.2) is 38.3 Å². The summed E-state index contributed by atoms with van der Waals surface area (Å²) in [7, 11) is -3.87. The van der Waals surface area contributed by atoms with Gasteiger partial charge in [-0.15, -0.1) is 0 Å². The van der Waals surface area contributed by atoms with E-state index in [2.05, 4.69) is 6.92 Å². The molecule has 1 aromatic carbocycles. The molecule has 0 radical (unpaired) electrons. The number of rotatable bonds is 4. The van der Waals surface area contributed by atoms with Gasteiger partial charge in [0.15, 0.2) is 5.78 Å². The predicted molar refractivity (Wildman–Crippen MR) is 86.6 cm³/mol. The molecule has 1 aliphatic rings. The fourth-order valence-electron chi connectivity index (χ4n) is 2.42. The molecule has 7 heteroatoms.